The molecule has 7 heteroatoms. The van der Waals surface area contributed by atoms with E-state index >= 15 is 0 Å². The highest BCUT2D eigenvalue weighted by Gasteiger charge is 2.16. The van der Waals surface area contributed by atoms with Crippen LogP contribution in [0.4, 0.5) is 5.82 Å². The average molecular weight is 224 g/mol. The summed E-state index contributed by atoms with van der Waals surface area (Å²) in [5.41, 5.74) is 2.42. The van der Waals surface area contributed by atoms with Crippen molar-refractivity contribution in [3.05, 3.63) is 31.1 Å². The van der Waals surface area contributed by atoms with Crippen molar-refractivity contribution in [2.45, 2.75) is 0 Å². The lowest BCUT2D eigenvalue weighted by Crippen LogP contribution is -1.97. The van der Waals surface area contributed by atoms with Crippen LogP contribution in [-0.4, -0.2) is 30.5 Å². The van der Waals surface area contributed by atoms with Crippen LogP contribution in [0.3, 0.4) is 0 Å². The number of imidazole rings is 1. The van der Waals surface area contributed by atoms with E-state index in [0.29, 0.717) is 0 Å². The van der Waals surface area contributed by atoms with Gasteiger partial charge in [0.05, 0.1) is 11.9 Å². The molecule has 0 amide bonds. The Morgan fingerprint density at radius 3 is 3.18 bits per heavy atom. The van der Waals surface area contributed by atoms with Crippen molar-refractivity contribution in [3.8, 4) is 5.69 Å². The van der Waals surface area contributed by atoms with Gasteiger partial charge in [0.2, 0.25) is 0 Å². The molecule has 0 aliphatic carbocycles. The van der Waals surface area contributed by atoms with E-state index in [9.17, 15) is 0 Å². The van der Waals surface area contributed by atoms with E-state index < -0.39 is 0 Å². The van der Waals surface area contributed by atoms with Gasteiger partial charge in [0.25, 0.3) is 0 Å². The molecule has 7 nitrogen and oxygen atoms in total. The molecule has 1 aliphatic heterocycles. The second-order valence-electron chi connectivity index (χ2n) is 3.58. The van der Waals surface area contributed by atoms with Crippen LogP contribution in [0.25, 0.3) is 16.9 Å². The van der Waals surface area contributed by atoms with Crippen LogP contribution in [0.2, 0.25) is 0 Å². The molecule has 0 atom stereocenters. The molecule has 0 spiro atoms. The molecule has 3 aromatic heterocycles. The van der Waals surface area contributed by atoms with Crippen LogP contribution < -0.4 is 5.32 Å². The number of hydrogen-bond acceptors (Lipinski definition) is 4. The zero-order chi connectivity index (χ0) is 11.2. The maximum atomic E-state index is 4.25. The molecular weight excluding hydrogens is 218 g/mol. The van der Waals surface area contributed by atoms with Gasteiger partial charge in [0.1, 0.15) is 24.5 Å². The Kier molecular flexibility index (Phi) is 1.45. The fourth-order valence-electron chi connectivity index (χ4n) is 1.89. The maximum absolute atomic E-state index is 4.25. The third kappa shape index (κ3) is 1.05. The zero-order valence-corrected chi connectivity index (χ0v) is 8.59. The first kappa shape index (κ1) is 8.45. The predicted octanol–water partition coefficient (Wildman–Crippen LogP) is 0.658. The van der Waals surface area contributed by atoms with Crippen molar-refractivity contribution in [2.24, 2.45) is 5.10 Å². The molecule has 0 aromatic carbocycles. The van der Waals surface area contributed by atoms with E-state index in [-0.39, 0.29) is 0 Å². The highest BCUT2D eigenvalue weighted by Crippen LogP contribution is 2.26. The van der Waals surface area contributed by atoms with Gasteiger partial charge >= 0.3 is 0 Å². The Bertz CT molecular complexity index is 736. The summed E-state index contributed by atoms with van der Waals surface area (Å²) < 4.78 is 3.59. The van der Waals surface area contributed by atoms with E-state index in [1.165, 1.54) is 12.7 Å². The summed E-state index contributed by atoms with van der Waals surface area (Å²) in [6.07, 6.45) is 8.27. The van der Waals surface area contributed by atoms with Gasteiger partial charge in [0, 0.05) is 6.20 Å². The zero-order valence-electron chi connectivity index (χ0n) is 8.59. The van der Waals surface area contributed by atoms with Gasteiger partial charge in [-0.2, -0.15) is 5.10 Å². The lowest BCUT2D eigenvalue weighted by molar-refractivity contribution is 0.911. The van der Waals surface area contributed by atoms with Gasteiger partial charge in [-0.1, -0.05) is 0 Å². The second kappa shape index (κ2) is 2.91. The minimum absolute atomic E-state index is 0.756. The van der Waals surface area contributed by atoms with E-state index in [1.807, 2.05) is 16.8 Å². The van der Waals surface area contributed by atoms with Crippen molar-refractivity contribution in [2.75, 3.05) is 0 Å². The molecule has 0 unspecified atom stereocenters. The van der Waals surface area contributed by atoms with Crippen LogP contribution >= 0.6 is 0 Å². The Labute approximate surface area is 95.4 Å². The molecule has 1 aliphatic rings. The highest BCUT2D eigenvalue weighted by molar-refractivity contribution is 5.77. The molecule has 0 N–H and O–H groups in total. The summed E-state index contributed by atoms with van der Waals surface area (Å²) >= 11 is 0. The van der Waals surface area contributed by atoms with E-state index in [4.69, 9.17) is 0 Å². The van der Waals surface area contributed by atoms with Crippen LogP contribution in [0, 0.1) is 0 Å². The summed E-state index contributed by atoms with van der Waals surface area (Å²) in [5.74, 6) is 0.780. The van der Waals surface area contributed by atoms with Crippen molar-refractivity contribution < 1.29 is 0 Å². The van der Waals surface area contributed by atoms with Crippen LogP contribution in [0.1, 0.15) is 0 Å². The van der Waals surface area contributed by atoms with Crippen LogP contribution in [0.15, 0.2) is 36.2 Å². The molecular formula is C10H6N7. The first-order valence-electron chi connectivity index (χ1n) is 5.02. The van der Waals surface area contributed by atoms with Gasteiger partial charge in [-0.15, -0.1) is 0 Å². The summed E-state index contributed by atoms with van der Waals surface area (Å²) in [6, 6.07) is 1.93. The molecule has 17 heavy (non-hydrogen) atoms. The summed E-state index contributed by atoms with van der Waals surface area (Å²) in [7, 11) is 0. The molecule has 0 saturated heterocycles. The first-order chi connectivity index (χ1) is 8.43. The van der Waals surface area contributed by atoms with Gasteiger partial charge < -0.3 is 0 Å². The quantitative estimate of drug-likeness (QED) is 0.609. The van der Waals surface area contributed by atoms with Crippen LogP contribution in [-0.2, 0) is 0 Å². The van der Waals surface area contributed by atoms with Crippen molar-refractivity contribution >= 4 is 23.3 Å². The van der Waals surface area contributed by atoms with Gasteiger partial charge in [-0.05, 0) is 6.07 Å². The fourth-order valence-corrected chi connectivity index (χ4v) is 1.89. The number of fused-ring (bicyclic) bond motifs is 2. The molecule has 81 valence electrons. The molecule has 3 aromatic rings. The van der Waals surface area contributed by atoms with Crippen molar-refractivity contribution in [3.63, 3.8) is 0 Å². The molecule has 4 rings (SSSR count). The van der Waals surface area contributed by atoms with Gasteiger partial charge in [-0.25, -0.2) is 24.9 Å². The van der Waals surface area contributed by atoms with E-state index in [2.05, 4.69) is 25.4 Å². The molecule has 0 fully saturated rings. The Balaban J connectivity index is 2.00. The Morgan fingerprint density at radius 2 is 2.18 bits per heavy atom. The second-order valence-corrected chi connectivity index (χ2v) is 3.58. The Morgan fingerprint density at radius 1 is 1.18 bits per heavy atom. The van der Waals surface area contributed by atoms with E-state index in [1.54, 1.807) is 17.2 Å². The standard InChI is InChI=1S/C10H6N7/c1-2-17-10(13-5-15-17)8(1)16-6-14-7-3-11-4-12-9(7)16/h1-6H. The summed E-state index contributed by atoms with van der Waals surface area (Å²) in [6.45, 7) is 0. The molecule has 4 heterocycles. The number of hydrogen-bond donors (Lipinski definition) is 0. The summed E-state index contributed by atoms with van der Waals surface area (Å²) in [4.78, 5) is 12.4. The van der Waals surface area contributed by atoms with Gasteiger partial charge in [-0.3, -0.25) is 4.57 Å². The molecule has 1 radical (unpaired) electrons. The minimum Gasteiger partial charge on any atom is -0.279 e. The topological polar surface area (TPSA) is 75.0 Å². The van der Waals surface area contributed by atoms with Crippen molar-refractivity contribution in [1.82, 2.24) is 29.5 Å². The molecule has 0 saturated carbocycles. The van der Waals surface area contributed by atoms with Crippen molar-refractivity contribution in [1.29, 1.82) is 0 Å². The monoisotopic (exact) mass is 224 g/mol. The summed E-state index contributed by atoms with van der Waals surface area (Å²) in [5, 5.41) is 8.27. The first-order valence-corrected chi connectivity index (χ1v) is 5.02. The average Bonchev–Trinajstić information content (AvgIpc) is 3.02. The number of rotatable bonds is 1. The number of aromatic nitrogens is 5. The predicted molar refractivity (Wildman–Crippen MR) is 60.3 cm³/mol. The number of nitrogens with zero attached hydrogens (tertiary/aromatic N) is 7. The third-order valence-corrected chi connectivity index (χ3v) is 2.65. The normalized spacial score (nSPS) is 12.9. The fraction of sp³-hybridized carbons (Fsp3) is 0. The minimum atomic E-state index is 0.756. The molecule has 0 bridgehead atoms. The van der Waals surface area contributed by atoms with E-state index in [0.717, 1.165) is 22.7 Å². The Hall–Kier alpha value is -2.70. The highest BCUT2D eigenvalue weighted by atomic mass is 15.4. The maximum Gasteiger partial charge on any atom is 0.179 e. The smallest absolute Gasteiger partial charge is 0.179 e. The largest absolute Gasteiger partial charge is 0.279 e. The lowest BCUT2D eigenvalue weighted by Gasteiger charge is -2.01. The van der Waals surface area contributed by atoms with Gasteiger partial charge in [0.15, 0.2) is 11.5 Å². The lowest BCUT2D eigenvalue weighted by atomic mass is 10.4. The van der Waals surface area contributed by atoms with Crippen LogP contribution in [0.5, 0.6) is 0 Å². The third-order valence-electron chi connectivity index (χ3n) is 2.65. The SMILES string of the molecule is C1=Nn2ccc(-n3cnc4cncnc43)c2[N]1.